The molecule has 0 saturated heterocycles. The van der Waals surface area contributed by atoms with Gasteiger partial charge in [-0.1, -0.05) is 46.8 Å². The summed E-state index contributed by atoms with van der Waals surface area (Å²) >= 11 is 0. The van der Waals surface area contributed by atoms with Gasteiger partial charge in [0.1, 0.15) is 17.6 Å². The lowest BCUT2D eigenvalue weighted by atomic mass is 9.86. The number of amides is 2. The summed E-state index contributed by atoms with van der Waals surface area (Å²) in [6.07, 6.45) is 0. The van der Waals surface area contributed by atoms with Crippen LogP contribution in [-0.4, -0.2) is 17.9 Å². The zero-order valence-corrected chi connectivity index (χ0v) is 17.9. The van der Waals surface area contributed by atoms with Crippen LogP contribution in [0.4, 0.5) is 0 Å². The first-order valence-electron chi connectivity index (χ1n) is 9.77. The van der Waals surface area contributed by atoms with E-state index in [1.165, 1.54) is 0 Å². The van der Waals surface area contributed by atoms with Crippen molar-refractivity contribution in [2.45, 2.75) is 66.0 Å². The van der Waals surface area contributed by atoms with Crippen molar-refractivity contribution in [3.8, 4) is 0 Å². The topological polar surface area (TPSA) is 71.3 Å². The van der Waals surface area contributed by atoms with Crippen LogP contribution in [0, 0.1) is 12.8 Å². The molecular weight excluding hydrogens is 352 g/mol. The van der Waals surface area contributed by atoms with Crippen LogP contribution in [-0.2, 0) is 10.2 Å². The average molecular weight is 385 g/mol. The van der Waals surface area contributed by atoms with Crippen LogP contribution in [0.3, 0.4) is 0 Å². The Morgan fingerprint density at radius 1 is 0.929 bits per heavy atom. The molecule has 2 N–H and O–H groups in total. The molecule has 0 bridgehead atoms. The number of hydrogen-bond acceptors (Lipinski definition) is 3. The normalized spacial score (nSPS) is 13.9. The summed E-state index contributed by atoms with van der Waals surface area (Å²) < 4.78 is 5.57. The number of furan rings is 1. The molecular formula is C23H32N2O3. The minimum absolute atomic E-state index is 0.0235. The Labute approximate surface area is 167 Å². The molecule has 0 aliphatic rings. The van der Waals surface area contributed by atoms with E-state index in [-0.39, 0.29) is 29.2 Å². The van der Waals surface area contributed by atoms with E-state index >= 15 is 0 Å². The van der Waals surface area contributed by atoms with E-state index in [4.69, 9.17) is 4.42 Å². The fraction of sp³-hybridized carbons (Fsp3) is 0.478. The molecule has 2 aromatic rings. The first-order chi connectivity index (χ1) is 13.0. The van der Waals surface area contributed by atoms with E-state index < -0.39 is 6.04 Å². The van der Waals surface area contributed by atoms with Gasteiger partial charge in [0.15, 0.2) is 0 Å². The minimum atomic E-state index is -0.631. The van der Waals surface area contributed by atoms with Gasteiger partial charge in [0.05, 0.1) is 6.04 Å². The summed E-state index contributed by atoms with van der Waals surface area (Å²) in [7, 11) is 0. The lowest BCUT2D eigenvalue weighted by Crippen LogP contribution is -2.50. The Morgan fingerprint density at radius 2 is 1.54 bits per heavy atom. The maximum Gasteiger partial charge on any atom is 0.251 e. The van der Waals surface area contributed by atoms with E-state index in [1.807, 2.05) is 52.0 Å². The Hall–Kier alpha value is -2.56. The molecule has 1 heterocycles. The summed E-state index contributed by atoms with van der Waals surface area (Å²) in [5.41, 5.74) is 1.72. The molecule has 5 nitrogen and oxygen atoms in total. The molecule has 2 atom stereocenters. The second-order valence-corrected chi connectivity index (χ2v) is 8.70. The number of benzene rings is 1. The van der Waals surface area contributed by atoms with Crippen molar-refractivity contribution in [3.05, 3.63) is 59.0 Å². The van der Waals surface area contributed by atoms with E-state index in [0.717, 1.165) is 11.3 Å². The summed E-state index contributed by atoms with van der Waals surface area (Å²) in [4.78, 5) is 25.4. The first kappa shape index (κ1) is 21.7. The predicted octanol–water partition coefficient (Wildman–Crippen LogP) is 4.52. The van der Waals surface area contributed by atoms with Crippen molar-refractivity contribution in [1.29, 1.82) is 0 Å². The monoisotopic (exact) mass is 384 g/mol. The minimum Gasteiger partial charge on any atom is -0.464 e. The summed E-state index contributed by atoms with van der Waals surface area (Å²) in [6, 6.07) is 10.3. The van der Waals surface area contributed by atoms with Gasteiger partial charge in [0.25, 0.3) is 5.91 Å². The first-order valence-corrected chi connectivity index (χ1v) is 9.77. The molecule has 2 unspecified atom stereocenters. The van der Waals surface area contributed by atoms with E-state index in [0.29, 0.717) is 11.3 Å². The number of aryl methyl sites for hydroxylation is 1. The average Bonchev–Trinajstić information content (AvgIpc) is 3.05. The van der Waals surface area contributed by atoms with Crippen LogP contribution in [0.2, 0.25) is 0 Å². The molecule has 0 aliphatic carbocycles. The van der Waals surface area contributed by atoms with Gasteiger partial charge < -0.3 is 15.1 Å². The van der Waals surface area contributed by atoms with Crippen LogP contribution >= 0.6 is 0 Å². The second kappa shape index (κ2) is 8.63. The fourth-order valence-corrected chi connectivity index (χ4v) is 2.94. The molecule has 2 rings (SSSR count). The lowest BCUT2D eigenvalue weighted by Gasteiger charge is -2.24. The molecule has 0 saturated carbocycles. The quantitative estimate of drug-likeness (QED) is 0.769. The number of carbonyl (C=O) groups is 2. The maximum atomic E-state index is 12.8. The number of rotatable bonds is 6. The highest BCUT2D eigenvalue weighted by Crippen LogP contribution is 2.22. The number of hydrogen-bond donors (Lipinski definition) is 2. The van der Waals surface area contributed by atoms with Crippen molar-refractivity contribution < 1.29 is 14.0 Å². The molecule has 2 amide bonds. The largest absolute Gasteiger partial charge is 0.464 e. The van der Waals surface area contributed by atoms with Gasteiger partial charge >= 0.3 is 0 Å². The van der Waals surface area contributed by atoms with E-state index in [9.17, 15) is 9.59 Å². The zero-order chi connectivity index (χ0) is 21.1. The molecule has 28 heavy (non-hydrogen) atoms. The fourth-order valence-electron chi connectivity index (χ4n) is 2.94. The molecule has 1 aromatic heterocycles. The van der Waals surface area contributed by atoms with Crippen molar-refractivity contribution >= 4 is 11.8 Å². The molecule has 0 fully saturated rings. The Balaban J connectivity index is 2.07. The van der Waals surface area contributed by atoms with Gasteiger partial charge in [-0.05, 0) is 55.0 Å². The Bertz CT molecular complexity index is 813. The number of nitrogens with one attached hydrogen (secondary N) is 2. The molecule has 5 heteroatoms. The van der Waals surface area contributed by atoms with Gasteiger partial charge in [0, 0.05) is 5.56 Å². The second-order valence-electron chi connectivity index (χ2n) is 8.70. The number of carbonyl (C=O) groups excluding carboxylic acids is 2. The molecule has 1 aromatic carbocycles. The van der Waals surface area contributed by atoms with Crippen molar-refractivity contribution in [2.24, 2.45) is 5.92 Å². The summed E-state index contributed by atoms with van der Waals surface area (Å²) in [5, 5.41) is 5.80. The third-order valence-corrected chi connectivity index (χ3v) is 4.80. The smallest absolute Gasteiger partial charge is 0.251 e. The highest BCUT2D eigenvalue weighted by molar-refractivity contribution is 5.97. The van der Waals surface area contributed by atoms with Gasteiger partial charge in [-0.15, -0.1) is 0 Å². The van der Waals surface area contributed by atoms with Gasteiger partial charge in [-0.2, -0.15) is 0 Å². The standard InChI is InChI=1S/C23H32N2O3/c1-14(2)20(22(27)24-16(4)19-13-8-15(3)28-19)25-21(26)17-9-11-18(12-10-17)23(5,6)7/h8-14,16,20H,1-7H3,(H,24,27)(H,25,26). The zero-order valence-electron chi connectivity index (χ0n) is 17.9. The van der Waals surface area contributed by atoms with Crippen molar-refractivity contribution in [3.63, 3.8) is 0 Å². The van der Waals surface area contributed by atoms with Crippen LogP contribution in [0.25, 0.3) is 0 Å². The van der Waals surface area contributed by atoms with Crippen LogP contribution in [0.1, 0.15) is 75.0 Å². The SMILES string of the molecule is Cc1ccc(C(C)NC(=O)C(NC(=O)c2ccc(C(C)(C)C)cc2)C(C)C)o1. The highest BCUT2D eigenvalue weighted by atomic mass is 16.3. The van der Waals surface area contributed by atoms with Crippen LogP contribution in [0.5, 0.6) is 0 Å². The molecule has 0 aliphatic heterocycles. The summed E-state index contributed by atoms with van der Waals surface area (Å²) in [6.45, 7) is 13.9. The third kappa shape index (κ3) is 5.47. The maximum absolute atomic E-state index is 12.8. The lowest BCUT2D eigenvalue weighted by molar-refractivity contribution is -0.124. The Morgan fingerprint density at radius 3 is 2.00 bits per heavy atom. The van der Waals surface area contributed by atoms with Crippen molar-refractivity contribution in [2.75, 3.05) is 0 Å². The van der Waals surface area contributed by atoms with Gasteiger partial charge in [0.2, 0.25) is 5.91 Å². The molecule has 0 spiro atoms. The molecule has 0 radical (unpaired) electrons. The highest BCUT2D eigenvalue weighted by Gasteiger charge is 2.26. The van der Waals surface area contributed by atoms with E-state index in [2.05, 4.69) is 31.4 Å². The van der Waals surface area contributed by atoms with Crippen LogP contribution in [0.15, 0.2) is 40.8 Å². The third-order valence-electron chi connectivity index (χ3n) is 4.80. The summed E-state index contributed by atoms with van der Waals surface area (Å²) in [5.74, 6) is 0.955. The molecule has 152 valence electrons. The van der Waals surface area contributed by atoms with Gasteiger partial charge in [-0.3, -0.25) is 9.59 Å². The predicted molar refractivity (Wildman–Crippen MR) is 111 cm³/mol. The van der Waals surface area contributed by atoms with Crippen LogP contribution < -0.4 is 10.6 Å². The van der Waals surface area contributed by atoms with Crippen molar-refractivity contribution in [1.82, 2.24) is 10.6 Å². The van der Waals surface area contributed by atoms with E-state index in [1.54, 1.807) is 12.1 Å². The van der Waals surface area contributed by atoms with Gasteiger partial charge in [-0.25, -0.2) is 0 Å². The Kier molecular flexibility index (Phi) is 6.70.